The Balaban J connectivity index is 1.67. The van der Waals surface area contributed by atoms with E-state index in [2.05, 4.69) is 31.7 Å². The van der Waals surface area contributed by atoms with Gasteiger partial charge in [0.05, 0.1) is 11.7 Å². The van der Waals surface area contributed by atoms with Crippen LogP contribution in [0.15, 0.2) is 52.2 Å². The number of aromatic nitrogens is 3. The molecule has 3 aromatic rings. The summed E-state index contributed by atoms with van der Waals surface area (Å²) < 4.78 is 0. The molecular formula is C19H20N4OS. The Morgan fingerprint density at radius 3 is 2.92 bits per heavy atom. The van der Waals surface area contributed by atoms with E-state index in [4.69, 9.17) is 4.98 Å². The second kappa shape index (κ2) is 7.29. The molecule has 25 heavy (non-hydrogen) atoms. The summed E-state index contributed by atoms with van der Waals surface area (Å²) in [4.78, 5) is 26.3. The van der Waals surface area contributed by atoms with E-state index in [9.17, 15) is 4.79 Å². The van der Waals surface area contributed by atoms with Crippen molar-refractivity contribution in [3.63, 3.8) is 0 Å². The number of pyridine rings is 1. The highest BCUT2D eigenvalue weighted by Crippen LogP contribution is 2.31. The smallest absolute Gasteiger partial charge is 0.251 e. The van der Waals surface area contributed by atoms with Gasteiger partial charge in [0.1, 0.15) is 5.82 Å². The van der Waals surface area contributed by atoms with Crippen LogP contribution in [0, 0.1) is 0 Å². The molecule has 128 valence electrons. The van der Waals surface area contributed by atoms with E-state index >= 15 is 0 Å². The number of rotatable bonds is 4. The van der Waals surface area contributed by atoms with Crippen LogP contribution in [0.1, 0.15) is 36.6 Å². The first kappa shape index (κ1) is 16.2. The standard InChI is InChI=1S/C19H20N4OS/c24-18-11-16(21-19(22-18)15-4-7-20-8-5-15)17-3-1-2-9-23(17)12-14-6-10-25-13-14/h4-8,10-11,13,17H,1-3,9,12H2,(H,21,22,24)/t17-/m0/s1. The lowest BCUT2D eigenvalue weighted by Crippen LogP contribution is -2.34. The van der Waals surface area contributed by atoms with Crippen molar-refractivity contribution < 1.29 is 0 Å². The minimum absolute atomic E-state index is 0.0992. The van der Waals surface area contributed by atoms with Gasteiger partial charge in [-0.25, -0.2) is 4.98 Å². The zero-order valence-corrected chi connectivity index (χ0v) is 14.7. The van der Waals surface area contributed by atoms with Crippen molar-refractivity contribution in [1.82, 2.24) is 19.9 Å². The van der Waals surface area contributed by atoms with Crippen LogP contribution in [0.4, 0.5) is 0 Å². The topological polar surface area (TPSA) is 61.9 Å². The van der Waals surface area contributed by atoms with Crippen molar-refractivity contribution in [1.29, 1.82) is 0 Å². The Morgan fingerprint density at radius 2 is 2.12 bits per heavy atom. The van der Waals surface area contributed by atoms with Crippen LogP contribution < -0.4 is 5.56 Å². The Labute approximate surface area is 150 Å². The molecule has 1 N–H and O–H groups in total. The monoisotopic (exact) mass is 352 g/mol. The van der Waals surface area contributed by atoms with Gasteiger partial charge in [-0.1, -0.05) is 6.42 Å². The van der Waals surface area contributed by atoms with Crippen LogP contribution >= 0.6 is 11.3 Å². The molecule has 5 nitrogen and oxygen atoms in total. The number of likely N-dealkylation sites (tertiary alicyclic amines) is 1. The molecule has 0 bridgehead atoms. The van der Waals surface area contributed by atoms with E-state index in [-0.39, 0.29) is 11.6 Å². The average Bonchev–Trinajstić information content (AvgIpc) is 3.15. The minimum Gasteiger partial charge on any atom is -0.307 e. The lowest BCUT2D eigenvalue weighted by molar-refractivity contribution is 0.137. The summed E-state index contributed by atoms with van der Waals surface area (Å²) in [5.41, 5.74) is 2.98. The summed E-state index contributed by atoms with van der Waals surface area (Å²) in [5, 5.41) is 4.31. The summed E-state index contributed by atoms with van der Waals surface area (Å²) in [5.74, 6) is 0.617. The molecule has 1 atom stereocenters. The molecule has 0 amide bonds. The molecule has 0 aliphatic carbocycles. The van der Waals surface area contributed by atoms with E-state index in [0.717, 1.165) is 30.8 Å². The van der Waals surface area contributed by atoms with Crippen LogP contribution in [-0.4, -0.2) is 26.4 Å². The van der Waals surface area contributed by atoms with E-state index in [1.807, 2.05) is 12.1 Å². The predicted octanol–water partition coefficient (Wildman–Crippen LogP) is 3.62. The molecule has 4 rings (SSSR count). The van der Waals surface area contributed by atoms with Crippen molar-refractivity contribution in [2.24, 2.45) is 0 Å². The number of piperidine rings is 1. The minimum atomic E-state index is -0.0992. The van der Waals surface area contributed by atoms with Crippen LogP contribution in [-0.2, 0) is 6.54 Å². The van der Waals surface area contributed by atoms with Gasteiger partial charge in [0.25, 0.3) is 5.56 Å². The van der Waals surface area contributed by atoms with Gasteiger partial charge in [-0.15, -0.1) is 0 Å². The Bertz CT molecular complexity index is 876. The molecule has 1 fully saturated rings. The molecule has 0 spiro atoms. The van der Waals surface area contributed by atoms with Crippen LogP contribution in [0.25, 0.3) is 11.4 Å². The molecule has 1 aliphatic heterocycles. The van der Waals surface area contributed by atoms with Gasteiger partial charge in [-0.3, -0.25) is 14.7 Å². The highest BCUT2D eigenvalue weighted by molar-refractivity contribution is 7.07. The largest absolute Gasteiger partial charge is 0.307 e. The second-order valence-corrected chi connectivity index (χ2v) is 7.15. The lowest BCUT2D eigenvalue weighted by atomic mass is 9.98. The van der Waals surface area contributed by atoms with Crippen LogP contribution in [0.5, 0.6) is 0 Å². The van der Waals surface area contributed by atoms with Crippen molar-refractivity contribution in [3.05, 3.63) is 69.0 Å². The zero-order chi connectivity index (χ0) is 17.1. The average molecular weight is 352 g/mol. The molecule has 3 aromatic heterocycles. The number of nitrogens with one attached hydrogen (secondary N) is 1. The third-order valence-corrected chi connectivity index (χ3v) is 5.37. The molecule has 1 saturated heterocycles. The van der Waals surface area contributed by atoms with Gasteiger partial charge in [-0.2, -0.15) is 11.3 Å². The van der Waals surface area contributed by atoms with Crippen molar-refractivity contribution in [2.45, 2.75) is 31.8 Å². The Morgan fingerprint density at radius 1 is 1.24 bits per heavy atom. The maximum atomic E-state index is 12.2. The quantitative estimate of drug-likeness (QED) is 0.779. The van der Waals surface area contributed by atoms with Crippen molar-refractivity contribution >= 4 is 11.3 Å². The predicted molar refractivity (Wildman–Crippen MR) is 99.4 cm³/mol. The number of hydrogen-bond acceptors (Lipinski definition) is 5. The summed E-state index contributed by atoms with van der Waals surface area (Å²) in [6, 6.07) is 7.75. The molecule has 0 radical (unpaired) electrons. The Kier molecular flexibility index (Phi) is 4.72. The fraction of sp³-hybridized carbons (Fsp3) is 0.316. The highest BCUT2D eigenvalue weighted by Gasteiger charge is 2.26. The molecular weight excluding hydrogens is 332 g/mol. The molecule has 4 heterocycles. The van der Waals surface area contributed by atoms with Crippen molar-refractivity contribution in [3.8, 4) is 11.4 Å². The summed E-state index contributed by atoms with van der Waals surface area (Å²) in [6.07, 6.45) is 6.83. The summed E-state index contributed by atoms with van der Waals surface area (Å²) >= 11 is 1.72. The van der Waals surface area contributed by atoms with Gasteiger partial charge >= 0.3 is 0 Å². The number of hydrogen-bond donors (Lipinski definition) is 1. The number of nitrogens with zero attached hydrogens (tertiary/aromatic N) is 3. The van der Waals surface area contributed by atoms with Crippen LogP contribution in [0.3, 0.4) is 0 Å². The summed E-state index contributed by atoms with van der Waals surface area (Å²) in [7, 11) is 0. The van der Waals surface area contributed by atoms with Gasteiger partial charge in [0.2, 0.25) is 0 Å². The first-order valence-corrected chi connectivity index (χ1v) is 9.51. The molecule has 0 unspecified atom stereocenters. The summed E-state index contributed by atoms with van der Waals surface area (Å²) in [6.45, 7) is 1.95. The van der Waals surface area contributed by atoms with Gasteiger partial charge in [0, 0.05) is 30.6 Å². The SMILES string of the molecule is O=c1cc([C@@H]2CCCCN2Cc2ccsc2)nc(-c2ccncc2)[nH]1. The second-order valence-electron chi connectivity index (χ2n) is 6.37. The van der Waals surface area contributed by atoms with Gasteiger partial charge in [0.15, 0.2) is 0 Å². The molecule has 0 aromatic carbocycles. The normalized spacial score (nSPS) is 18.3. The van der Waals surface area contributed by atoms with E-state index in [0.29, 0.717) is 5.82 Å². The zero-order valence-electron chi connectivity index (χ0n) is 13.9. The lowest BCUT2D eigenvalue weighted by Gasteiger charge is -2.35. The van der Waals surface area contributed by atoms with Gasteiger partial charge < -0.3 is 4.98 Å². The molecule has 0 saturated carbocycles. The third-order valence-electron chi connectivity index (χ3n) is 4.64. The fourth-order valence-corrected chi connectivity index (χ4v) is 4.09. The van der Waals surface area contributed by atoms with Crippen LogP contribution in [0.2, 0.25) is 0 Å². The molecule has 6 heteroatoms. The first-order chi connectivity index (χ1) is 12.3. The fourth-order valence-electron chi connectivity index (χ4n) is 3.43. The van der Waals surface area contributed by atoms with Crippen molar-refractivity contribution in [2.75, 3.05) is 6.54 Å². The molecule has 1 aliphatic rings. The van der Waals surface area contributed by atoms with E-state index in [1.54, 1.807) is 29.8 Å². The first-order valence-electron chi connectivity index (χ1n) is 8.56. The maximum absolute atomic E-state index is 12.2. The van der Waals surface area contributed by atoms with E-state index in [1.165, 1.54) is 18.4 Å². The Hall–Kier alpha value is -2.31. The third kappa shape index (κ3) is 3.70. The highest BCUT2D eigenvalue weighted by atomic mass is 32.1. The van der Waals surface area contributed by atoms with E-state index < -0.39 is 0 Å². The number of H-pyrrole nitrogens is 1. The number of thiophene rings is 1. The maximum Gasteiger partial charge on any atom is 0.251 e. The number of aromatic amines is 1. The van der Waals surface area contributed by atoms with Gasteiger partial charge in [-0.05, 0) is 53.9 Å².